The highest BCUT2D eigenvalue weighted by atomic mass is 16.3. The second-order valence-corrected chi connectivity index (χ2v) is 24.9. The lowest BCUT2D eigenvalue weighted by molar-refractivity contribution is -0.231. The van der Waals surface area contributed by atoms with E-state index in [-0.39, 0.29) is 80.3 Å². The normalized spacial score (nSPS) is 36.0. The van der Waals surface area contributed by atoms with Gasteiger partial charge in [0.1, 0.15) is 12.0 Å². The molecule has 1 aromatic heterocycles. The van der Waals surface area contributed by atoms with Crippen LogP contribution in [0.2, 0.25) is 0 Å². The molecule has 11 nitrogen and oxygen atoms in total. The molecule has 2 aliphatic heterocycles. The molecular formula is C65H72N4O7. The highest BCUT2D eigenvalue weighted by Crippen LogP contribution is 2.81. The summed E-state index contributed by atoms with van der Waals surface area (Å²) in [5, 5.41) is 88.6. The number of phenols is 5. The molecule has 3 spiro atoms. The summed E-state index contributed by atoms with van der Waals surface area (Å²) in [6.07, 6.45) is 24.8. The van der Waals surface area contributed by atoms with Gasteiger partial charge in [-0.1, -0.05) is 104 Å². The number of fused-ring (bicyclic) bond motifs is 4. The molecule has 11 heteroatoms. The highest BCUT2D eigenvalue weighted by molar-refractivity contribution is 6.03. The van der Waals surface area contributed by atoms with Crippen molar-refractivity contribution in [2.24, 2.45) is 45.8 Å². The maximum Gasteiger partial charge on any atom is 0.169 e. The number of aliphatic hydroxyl groups is 2. The highest BCUT2D eigenvalue weighted by Gasteiger charge is 2.80. The minimum Gasteiger partial charge on any atom is -0.507 e. The molecule has 14 atom stereocenters. The van der Waals surface area contributed by atoms with Gasteiger partial charge in [-0.15, -0.1) is 0 Å². The van der Waals surface area contributed by atoms with Crippen molar-refractivity contribution in [1.29, 1.82) is 0 Å². The van der Waals surface area contributed by atoms with Gasteiger partial charge in [0, 0.05) is 40.7 Å². The topological polar surface area (TPSA) is 194 Å². The summed E-state index contributed by atoms with van der Waals surface area (Å²) in [4.78, 5) is 9.33. The number of nitrogens with zero attached hydrogens (tertiary/aromatic N) is 1. The molecule has 0 amide bonds. The van der Waals surface area contributed by atoms with Gasteiger partial charge in [-0.2, -0.15) is 0 Å². The fourth-order valence-electron chi connectivity index (χ4n) is 19.4. The van der Waals surface area contributed by atoms with Crippen molar-refractivity contribution in [3.05, 3.63) is 154 Å². The van der Waals surface area contributed by atoms with Crippen molar-refractivity contribution in [3.8, 4) is 28.7 Å². The molecule has 5 aromatic carbocycles. The fourth-order valence-corrected chi connectivity index (χ4v) is 19.4. The second-order valence-electron chi connectivity index (χ2n) is 24.9. The van der Waals surface area contributed by atoms with Crippen LogP contribution in [0.15, 0.2) is 109 Å². The lowest BCUT2D eigenvalue weighted by atomic mass is 9.30. The third-order valence-corrected chi connectivity index (χ3v) is 21.9. The molecule has 4 saturated carbocycles. The van der Waals surface area contributed by atoms with Crippen LogP contribution < -0.4 is 10.6 Å². The monoisotopic (exact) mass is 1020 g/mol. The number of piperidine rings is 2. The van der Waals surface area contributed by atoms with E-state index in [0.717, 1.165) is 50.5 Å². The summed E-state index contributed by atoms with van der Waals surface area (Å²) in [7, 11) is 0. The number of H-pyrrole nitrogens is 1. The first kappa shape index (κ1) is 48.3. The molecule has 6 aromatic rings. The maximum absolute atomic E-state index is 13.1. The van der Waals surface area contributed by atoms with Gasteiger partial charge in [0.05, 0.1) is 23.5 Å². The Morgan fingerprint density at radius 1 is 0.697 bits per heavy atom. The molecule has 2 saturated heterocycles. The summed E-state index contributed by atoms with van der Waals surface area (Å²) in [5.41, 5.74) is 7.17. The van der Waals surface area contributed by atoms with Gasteiger partial charge in [0.25, 0.3) is 0 Å². The van der Waals surface area contributed by atoms with E-state index in [2.05, 4.69) is 82.4 Å². The first-order chi connectivity index (χ1) is 36.9. The van der Waals surface area contributed by atoms with E-state index in [4.69, 9.17) is 4.98 Å². The van der Waals surface area contributed by atoms with E-state index in [9.17, 15) is 35.7 Å². The van der Waals surface area contributed by atoms with E-state index >= 15 is 0 Å². The van der Waals surface area contributed by atoms with Gasteiger partial charge >= 0.3 is 0 Å². The van der Waals surface area contributed by atoms with E-state index in [1.165, 1.54) is 79.2 Å². The van der Waals surface area contributed by atoms with Crippen molar-refractivity contribution >= 4 is 22.9 Å². The number of benzene rings is 5. The van der Waals surface area contributed by atoms with Gasteiger partial charge in [0.2, 0.25) is 0 Å². The van der Waals surface area contributed by atoms with Crippen LogP contribution >= 0.6 is 0 Å². The molecule has 14 rings (SSSR count). The van der Waals surface area contributed by atoms with Crippen molar-refractivity contribution in [1.82, 2.24) is 20.6 Å². The Hall–Kier alpha value is -6.11. The van der Waals surface area contributed by atoms with Crippen LogP contribution in [0.3, 0.4) is 0 Å². The Morgan fingerprint density at radius 2 is 1.54 bits per heavy atom. The van der Waals surface area contributed by atoms with Gasteiger partial charge in [-0.3, -0.25) is 5.32 Å². The van der Waals surface area contributed by atoms with E-state index in [0.29, 0.717) is 59.1 Å². The molecule has 0 radical (unpaired) electrons. The zero-order chi connectivity index (χ0) is 51.7. The number of nitrogens with one attached hydrogen (secondary N) is 3. The number of aromatic amines is 1. The summed E-state index contributed by atoms with van der Waals surface area (Å²) in [5.74, 6) is 0.489. The first-order valence-corrected chi connectivity index (χ1v) is 28.5. The van der Waals surface area contributed by atoms with Crippen LogP contribution in [0.1, 0.15) is 128 Å². The minimum absolute atomic E-state index is 0.00668. The summed E-state index contributed by atoms with van der Waals surface area (Å²) >= 11 is 0. The predicted octanol–water partition coefficient (Wildman–Crippen LogP) is 10.8. The Balaban J connectivity index is 0.871. The fraction of sp³-hybridized carbons (Fsp3) is 0.462. The molecular weight excluding hydrogens is 949 g/mol. The number of aliphatic hydroxyl groups excluding tert-OH is 2. The Kier molecular flexibility index (Phi) is 11.4. The summed E-state index contributed by atoms with van der Waals surface area (Å²) in [6.45, 7) is 0. The van der Waals surface area contributed by atoms with Gasteiger partial charge in [-0.05, 0) is 188 Å². The molecule has 6 fully saturated rings. The number of rotatable bonds is 8. The van der Waals surface area contributed by atoms with Crippen molar-refractivity contribution in [2.45, 2.75) is 139 Å². The first-order valence-electron chi connectivity index (χ1n) is 28.5. The standard InChI is InChI=1S/C65H72N4O7/c70-51-25-15-39(31-54(51)73)14-22-45-46-9-4-10-52(71)56(46)58(76)57(75)47(45)23-13-37-11-16-40(17-12-37)50-34-62(33-44(68-55(74)35-62)30-38-6-2-1-3-7-38)48-32-43-19-18-42-20-24-49-61(67-36-66-49)65(60(48)69-50)59-53(72)26-21-41-8-5-27-63(41,59)28-29-64(42,43)65/h1-4,6-7,9-12,14-17,21-22,25-26,31,36,41-44,48,50,53,55,59-60,68-76H,5,8,13,18-20,23-24,27-30,32-35H2,(H,66,67). The van der Waals surface area contributed by atoms with Crippen molar-refractivity contribution in [2.75, 3.05) is 0 Å². The average molecular weight is 1020 g/mol. The smallest absolute Gasteiger partial charge is 0.169 e. The number of phenolic OH excluding ortho intramolecular Hbond substituents is 5. The zero-order valence-electron chi connectivity index (χ0n) is 43.2. The van der Waals surface area contributed by atoms with Crippen LogP contribution in [-0.2, 0) is 31.1 Å². The Bertz CT molecular complexity index is 3280. The number of aromatic hydroxyl groups is 5. The van der Waals surface area contributed by atoms with E-state index in [1.807, 2.05) is 18.5 Å². The van der Waals surface area contributed by atoms with Gasteiger partial charge in [-0.25, -0.2) is 4.98 Å². The number of allylic oxidation sites excluding steroid dienone is 1. The van der Waals surface area contributed by atoms with Crippen LogP contribution in [0, 0.1) is 45.8 Å². The molecule has 0 bridgehead atoms. The van der Waals surface area contributed by atoms with Crippen LogP contribution in [0.25, 0.3) is 22.9 Å². The summed E-state index contributed by atoms with van der Waals surface area (Å²) < 4.78 is 0. The van der Waals surface area contributed by atoms with Crippen LogP contribution in [0.5, 0.6) is 28.7 Å². The number of aryl methyl sites for hydroxylation is 2. The van der Waals surface area contributed by atoms with Gasteiger partial charge in [0.15, 0.2) is 23.0 Å². The van der Waals surface area contributed by atoms with Crippen LogP contribution in [-0.4, -0.2) is 70.1 Å². The van der Waals surface area contributed by atoms with E-state index < -0.39 is 17.7 Å². The SMILES string of the molecule is Oc1ccc(C=Cc2c(CCc3ccc(C4CC5(CC(O)NC(Cc6ccccc6)C5)C5CC6CCC7CCc8[nH]cnc8C8(C5N4)C4C(O)C=CC5CCCC54CCC768)cc3)c(O)c(O)c3c(O)cccc23)cc1O. The molecule has 6 aliphatic carbocycles. The largest absolute Gasteiger partial charge is 0.507 e. The summed E-state index contributed by atoms with van der Waals surface area (Å²) in [6, 6.07) is 29.4. The lowest BCUT2D eigenvalue weighted by Crippen LogP contribution is -2.79. The lowest BCUT2D eigenvalue weighted by Gasteiger charge is -2.75. The number of hydrogen-bond acceptors (Lipinski definition) is 10. The number of imidazole rings is 1. The molecule has 394 valence electrons. The average Bonchev–Trinajstić information content (AvgIpc) is 4.30. The zero-order valence-corrected chi connectivity index (χ0v) is 43.2. The van der Waals surface area contributed by atoms with E-state index in [1.54, 1.807) is 18.2 Å². The third-order valence-electron chi connectivity index (χ3n) is 21.9. The Morgan fingerprint density at radius 3 is 2.38 bits per heavy atom. The molecule has 14 unspecified atom stereocenters. The molecule has 76 heavy (non-hydrogen) atoms. The van der Waals surface area contributed by atoms with Crippen molar-refractivity contribution in [3.63, 3.8) is 0 Å². The molecule has 3 heterocycles. The number of aromatic nitrogens is 2. The van der Waals surface area contributed by atoms with Crippen LogP contribution in [0.4, 0.5) is 0 Å². The quantitative estimate of drug-likeness (QED) is 0.0398. The maximum atomic E-state index is 13.1. The second kappa shape index (κ2) is 18.0. The third kappa shape index (κ3) is 7.03. The van der Waals surface area contributed by atoms with Gasteiger partial charge < -0.3 is 46.0 Å². The number of hydrogen-bond donors (Lipinski definition) is 10. The Labute approximate surface area is 444 Å². The predicted molar refractivity (Wildman–Crippen MR) is 294 cm³/mol. The molecule has 10 N–H and O–H groups in total. The van der Waals surface area contributed by atoms with Crippen molar-refractivity contribution < 1.29 is 35.7 Å². The molecule has 8 aliphatic rings. The minimum atomic E-state index is -0.650.